The lowest BCUT2D eigenvalue weighted by molar-refractivity contribution is -0.139. The zero-order valence-electron chi connectivity index (χ0n) is 18.2. The molecule has 0 unspecified atom stereocenters. The minimum Gasteiger partial charge on any atom is -0.480 e. The van der Waals surface area contributed by atoms with E-state index in [-0.39, 0.29) is 17.5 Å². The van der Waals surface area contributed by atoms with Crippen molar-refractivity contribution in [1.82, 2.24) is 15.3 Å². The molecule has 0 fully saturated rings. The predicted octanol–water partition coefficient (Wildman–Crippen LogP) is 5.02. The fraction of sp³-hybridized carbons (Fsp3) is 0.120. The molecule has 2 aromatic carbocycles. The van der Waals surface area contributed by atoms with Crippen molar-refractivity contribution in [3.63, 3.8) is 0 Å². The smallest absolute Gasteiger partial charge is 0.418 e. The molecule has 2 heterocycles. The highest BCUT2D eigenvalue weighted by molar-refractivity contribution is 5.98. The highest BCUT2D eigenvalue weighted by Gasteiger charge is 2.35. The third-order valence-corrected chi connectivity index (χ3v) is 5.45. The monoisotopic (exact) mass is 501 g/mol. The zero-order valence-corrected chi connectivity index (χ0v) is 18.2. The van der Waals surface area contributed by atoms with Crippen molar-refractivity contribution in [1.29, 1.82) is 0 Å². The first-order valence-corrected chi connectivity index (χ1v) is 10.4. The van der Waals surface area contributed by atoms with E-state index in [0.29, 0.717) is 10.9 Å². The van der Waals surface area contributed by atoms with Gasteiger partial charge in [-0.2, -0.15) is 13.2 Å². The molecule has 0 aliphatic rings. The Kier molecular flexibility index (Phi) is 6.65. The first kappa shape index (κ1) is 24.7. The molecule has 184 valence electrons. The van der Waals surface area contributed by atoms with Gasteiger partial charge in [-0.1, -0.05) is 24.3 Å². The Labute approximate surface area is 200 Å². The Bertz CT molecular complexity index is 1450. The summed E-state index contributed by atoms with van der Waals surface area (Å²) in [5.74, 6) is -5.05. The predicted molar refractivity (Wildman–Crippen MR) is 119 cm³/mol. The number of hydrogen-bond acceptors (Lipinski definition) is 4. The highest BCUT2D eigenvalue weighted by Crippen LogP contribution is 2.37. The largest absolute Gasteiger partial charge is 0.480 e. The van der Waals surface area contributed by atoms with Gasteiger partial charge in [-0.05, 0) is 41.3 Å². The number of aliphatic carboxylic acids is 1. The SMILES string of the molecule is O=C(N[C@@H](Cc1cccc2c(-c3ncccc3C(F)(F)F)nccc12)C(=O)O)c1c(F)cccc1F. The van der Waals surface area contributed by atoms with Gasteiger partial charge in [0.25, 0.3) is 5.91 Å². The molecule has 1 atom stereocenters. The Morgan fingerprint density at radius 2 is 1.53 bits per heavy atom. The Hall–Kier alpha value is -4.41. The molecule has 1 amide bonds. The summed E-state index contributed by atoms with van der Waals surface area (Å²) in [6, 6.07) is 9.24. The molecular weight excluding hydrogens is 485 g/mol. The molecule has 2 aromatic heterocycles. The molecule has 0 spiro atoms. The van der Waals surface area contributed by atoms with E-state index in [4.69, 9.17) is 0 Å². The number of halogens is 5. The summed E-state index contributed by atoms with van der Waals surface area (Å²) < 4.78 is 68.6. The van der Waals surface area contributed by atoms with Gasteiger partial charge in [0.1, 0.15) is 28.9 Å². The Morgan fingerprint density at radius 1 is 0.861 bits per heavy atom. The van der Waals surface area contributed by atoms with Crippen LogP contribution < -0.4 is 5.32 Å². The number of carboxylic acids is 1. The van der Waals surface area contributed by atoms with Crippen molar-refractivity contribution in [2.75, 3.05) is 0 Å². The fourth-order valence-electron chi connectivity index (χ4n) is 3.83. The molecule has 0 bridgehead atoms. The lowest BCUT2D eigenvalue weighted by Crippen LogP contribution is -2.43. The minimum absolute atomic E-state index is 0.0633. The van der Waals surface area contributed by atoms with Crippen LogP contribution >= 0.6 is 0 Å². The number of rotatable bonds is 6. The van der Waals surface area contributed by atoms with Gasteiger partial charge in [-0.3, -0.25) is 14.8 Å². The number of hydrogen-bond donors (Lipinski definition) is 2. The maximum absolute atomic E-state index is 14.0. The van der Waals surface area contributed by atoms with Crippen LogP contribution in [0, 0.1) is 11.6 Å². The first-order chi connectivity index (χ1) is 17.1. The van der Waals surface area contributed by atoms with Crippen LogP contribution in [0.2, 0.25) is 0 Å². The fourth-order valence-corrected chi connectivity index (χ4v) is 3.83. The van der Waals surface area contributed by atoms with E-state index < -0.39 is 52.5 Å². The second kappa shape index (κ2) is 9.68. The molecule has 4 rings (SSSR count). The molecule has 6 nitrogen and oxygen atoms in total. The average Bonchev–Trinajstić information content (AvgIpc) is 2.82. The quantitative estimate of drug-likeness (QED) is 0.362. The summed E-state index contributed by atoms with van der Waals surface area (Å²) in [4.78, 5) is 32.3. The topological polar surface area (TPSA) is 92.2 Å². The molecular formula is C25H16F5N3O3. The van der Waals surface area contributed by atoms with Crippen molar-refractivity contribution < 1.29 is 36.6 Å². The summed E-state index contributed by atoms with van der Waals surface area (Å²) in [6.07, 6.45) is -2.55. The molecule has 11 heteroatoms. The molecule has 2 N–H and O–H groups in total. The van der Waals surface area contributed by atoms with Gasteiger partial charge in [-0.25, -0.2) is 13.6 Å². The van der Waals surface area contributed by atoms with E-state index in [1.54, 1.807) is 0 Å². The average molecular weight is 501 g/mol. The maximum atomic E-state index is 14.0. The van der Waals surface area contributed by atoms with Gasteiger partial charge in [-0.15, -0.1) is 0 Å². The van der Waals surface area contributed by atoms with Gasteiger partial charge < -0.3 is 10.4 Å². The van der Waals surface area contributed by atoms with Gasteiger partial charge in [0.05, 0.1) is 11.3 Å². The van der Waals surface area contributed by atoms with Crippen LogP contribution in [-0.2, 0) is 17.4 Å². The number of benzene rings is 2. The number of alkyl halides is 3. The summed E-state index contributed by atoms with van der Waals surface area (Å²) >= 11 is 0. The summed E-state index contributed by atoms with van der Waals surface area (Å²) in [6.45, 7) is 0. The number of nitrogens with one attached hydrogen (secondary N) is 1. The van der Waals surface area contributed by atoms with E-state index in [1.165, 1.54) is 36.7 Å². The standard InChI is InChI=1S/C25H16F5N3O3/c26-17-7-2-8-18(27)20(17)23(34)33-19(24(35)36)12-13-4-1-5-15-14(13)9-11-32-21(15)22-16(25(28,29)30)6-3-10-31-22/h1-11,19H,12H2,(H,33,34)(H,35,36)/t19-/m0/s1. The molecule has 0 saturated carbocycles. The Morgan fingerprint density at radius 3 is 2.19 bits per heavy atom. The molecule has 0 radical (unpaired) electrons. The van der Waals surface area contributed by atoms with Crippen LogP contribution in [0.5, 0.6) is 0 Å². The van der Waals surface area contributed by atoms with Crippen LogP contribution in [-0.4, -0.2) is 33.0 Å². The lowest BCUT2D eigenvalue weighted by Gasteiger charge is -2.17. The normalized spacial score (nSPS) is 12.4. The van der Waals surface area contributed by atoms with E-state index in [2.05, 4.69) is 15.3 Å². The Balaban J connectivity index is 1.73. The van der Waals surface area contributed by atoms with Gasteiger partial charge in [0, 0.05) is 24.2 Å². The van der Waals surface area contributed by atoms with E-state index in [0.717, 1.165) is 30.3 Å². The molecule has 0 aliphatic carbocycles. The number of carboxylic acid groups (broad SMARTS) is 1. The van der Waals surface area contributed by atoms with E-state index in [1.807, 2.05) is 0 Å². The molecule has 0 saturated heterocycles. The summed E-state index contributed by atoms with van der Waals surface area (Å²) in [7, 11) is 0. The number of pyridine rings is 2. The third kappa shape index (κ3) is 4.85. The summed E-state index contributed by atoms with van der Waals surface area (Å²) in [5, 5.41) is 12.4. The highest BCUT2D eigenvalue weighted by atomic mass is 19.4. The number of nitrogens with zero attached hydrogens (tertiary/aromatic N) is 2. The first-order valence-electron chi connectivity index (χ1n) is 10.4. The van der Waals surface area contributed by atoms with Crippen LogP contribution in [0.25, 0.3) is 22.2 Å². The zero-order chi connectivity index (χ0) is 26.0. The van der Waals surface area contributed by atoms with Crippen molar-refractivity contribution in [2.45, 2.75) is 18.6 Å². The van der Waals surface area contributed by atoms with Gasteiger partial charge in [0.2, 0.25) is 0 Å². The molecule has 36 heavy (non-hydrogen) atoms. The third-order valence-electron chi connectivity index (χ3n) is 5.45. The second-order valence-corrected chi connectivity index (χ2v) is 7.73. The number of carbonyl (C=O) groups is 2. The van der Waals surface area contributed by atoms with Crippen LogP contribution in [0.4, 0.5) is 22.0 Å². The van der Waals surface area contributed by atoms with Crippen molar-refractivity contribution in [3.8, 4) is 11.4 Å². The van der Waals surface area contributed by atoms with Crippen molar-refractivity contribution >= 4 is 22.6 Å². The lowest BCUT2D eigenvalue weighted by atomic mass is 9.96. The van der Waals surface area contributed by atoms with E-state index in [9.17, 15) is 36.6 Å². The van der Waals surface area contributed by atoms with Crippen molar-refractivity contribution in [2.24, 2.45) is 0 Å². The minimum atomic E-state index is -4.69. The second-order valence-electron chi connectivity index (χ2n) is 7.73. The number of carbonyl (C=O) groups excluding carboxylic acids is 1. The van der Waals surface area contributed by atoms with E-state index >= 15 is 0 Å². The maximum Gasteiger partial charge on any atom is 0.418 e. The van der Waals surface area contributed by atoms with Crippen LogP contribution in [0.3, 0.4) is 0 Å². The van der Waals surface area contributed by atoms with Crippen LogP contribution in [0.1, 0.15) is 21.5 Å². The van der Waals surface area contributed by atoms with Gasteiger partial charge >= 0.3 is 12.1 Å². The summed E-state index contributed by atoms with van der Waals surface area (Å²) in [5.41, 5.74) is -2.03. The molecule has 0 aliphatic heterocycles. The van der Waals surface area contributed by atoms with Crippen molar-refractivity contribution in [3.05, 3.63) is 95.3 Å². The number of aromatic nitrogens is 2. The van der Waals surface area contributed by atoms with Gasteiger partial charge in [0.15, 0.2) is 0 Å². The number of amides is 1. The number of fused-ring (bicyclic) bond motifs is 1. The van der Waals surface area contributed by atoms with Crippen LogP contribution in [0.15, 0.2) is 67.0 Å². The molecule has 4 aromatic rings.